The van der Waals surface area contributed by atoms with Crippen molar-refractivity contribution in [2.24, 2.45) is 5.92 Å². The average molecular weight is 248 g/mol. The predicted octanol–water partition coefficient (Wildman–Crippen LogP) is 3.45. The third-order valence-electron chi connectivity index (χ3n) is 2.81. The smallest absolute Gasteiger partial charge is 0.149 e. The van der Waals surface area contributed by atoms with Crippen molar-refractivity contribution in [2.45, 2.75) is 13.0 Å². The summed E-state index contributed by atoms with van der Waals surface area (Å²) in [5.41, 5.74) is 1.73. The van der Waals surface area contributed by atoms with Gasteiger partial charge in [0.25, 0.3) is 0 Å². The zero-order valence-corrected chi connectivity index (χ0v) is 10.3. The van der Waals surface area contributed by atoms with Crippen molar-refractivity contribution in [1.82, 2.24) is 0 Å². The summed E-state index contributed by atoms with van der Waals surface area (Å²) in [7, 11) is 0. The maximum Gasteiger partial charge on any atom is 0.149 e. The van der Waals surface area contributed by atoms with Crippen molar-refractivity contribution in [3.05, 3.63) is 53.1 Å². The van der Waals surface area contributed by atoms with Gasteiger partial charge in [-0.2, -0.15) is 0 Å². The first-order chi connectivity index (χ1) is 8.19. The Labute approximate surface area is 106 Å². The number of hydrogen-bond donors (Lipinski definition) is 1. The quantitative estimate of drug-likeness (QED) is 0.829. The molecular formula is C14H14ClNO. The molecule has 0 aliphatic heterocycles. The molecule has 0 saturated heterocycles. The van der Waals surface area contributed by atoms with Crippen LogP contribution in [0.3, 0.4) is 0 Å². The number of hydrogen-bond acceptors (Lipinski definition) is 2. The molecule has 0 radical (unpaired) electrons. The number of carbonyl (C=O) groups is 1. The summed E-state index contributed by atoms with van der Waals surface area (Å²) >= 11 is 5.93. The minimum absolute atomic E-state index is 0.192. The molecule has 1 aliphatic carbocycles. The number of allylic oxidation sites excluding steroid dienone is 2. The van der Waals surface area contributed by atoms with E-state index in [0.29, 0.717) is 5.02 Å². The topological polar surface area (TPSA) is 29.1 Å². The van der Waals surface area contributed by atoms with Gasteiger partial charge >= 0.3 is 0 Å². The second kappa shape index (κ2) is 5.19. The summed E-state index contributed by atoms with van der Waals surface area (Å²) < 4.78 is 0. The molecular weight excluding hydrogens is 234 g/mol. The molecule has 88 valence electrons. The highest BCUT2D eigenvalue weighted by Gasteiger charge is 2.16. The first-order valence-corrected chi connectivity index (χ1v) is 5.94. The van der Waals surface area contributed by atoms with E-state index in [1.807, 2.05) is 42.5 Å². The Hall–Kier alpha value is -1.54. The molecule has 0 aromatic heterocycles. The van der Waals surface area contributed by atoms with Crippen LogP contribution < -0.4 is 5.32 Å². The number of halogens is 1. The highest BCUT2D eigenvalue weighted by molar-refractivity contribution is 6.30. The summed E-state index contributed by atoms with van der Waals surface area (Å²) in [4.78, 5) is 10.7. The van der Waals surface area contributed by atoms with Gasteiger partial charge in [-0.05, 0) is 24.1 Å². The lowest BCUT2D eigenvalue weighted by molar-refractivity contribution is -0.104. The molecule has 1 aromatic rings. The summed E-state index contributed by atoms with van der Waals surface area (Å²) in [6.07, 6.45) is 6.70. The standard InChI is InChI=1S/C14H14ClNO/c1-10-7-11(9-17)5-6-14(10)16-13-4-2-3-12(15)8-13/h2-10,14,16H,1H3. The van der Waals surface area contributed by atoms with Crippen LogP contribution in [0.25, 0.3) is 0 Å². The van der Waals surface area contributed by atoms with E-state index in [0.717, 1.165) is 17.5 Å². The Morgan fingerprint density at radius 1 is 1.41 bits per heavy atom. The Bertz CT molecular complexity index is 479. The minimum Gasteiger partial charge on any atom is -0.378 e. The van der Waals surface area contributed by atoms with E-state index < -0.39 is 0 Å². The van der Waals surface area contributed by atoms with Crippen LogP contribution in [0.15, 0.2) is 48.1 Å². The molecule has 3 heteroatoms. The molecule has 2 atom stereocenters. The van der Waals surface area contributed by atoms with Gasteiger partial charge in [0, 0.05) is 16.3 Å². The molecule has 2 nitrogen and oxygen atoms in total. The Morgan fingerprint density at radius 3 is 2.88 bits per heavy atom. The number of aldehydes is 1. The summed E-state index contributed by atoms with van der Waals surface area (Å²) in [5.74, 6) is 0.277. The third-order valence-corrected chi connectivity index (χ3v) is 3.05. The van der Waals surface area contributed by atoms with Crippen molar-refractivity contribution in [2.75, 3.05) is 5.32 Å². The predicted molar refractivity (Wildman–Crippen MR) is 71.3 cm³/mol. The number of anilines is 1. The van der Waals surface area contributed by atoms with E-state index in [9.17, 15) is 4.79 Å². The van der Waals surface area contributed by atoms with Gasteiger partial charge in [-0.25, -0.2) is 0 Å². The van der Waals surface area contributed by atoms with Gasteiger partial charge in [0.05, 0.1) is 6.04 Å². The largest absolute Gasteiger partial charge is 0.378 e. The van der Waals surface area contributed by atoms with Crippen LogP contribution in [0.2, 0.25) is 5.02 Å². The van der Waals surface area contributed by atoms with Gasteiger partial charge < -0.3 is 5.32 Å². The number of benzene rings is 1. The highest BCUT2D eigenvalue weighted by atomic mass is 35.5. The minimum atomic E-state index is 0.192. The van der Waals surface area contributed by atoms with Crippen molar-refractivity contribution in [3.63, 3.8) is 0 Å². The van der Waals surface area contributed by atoms with Crippen LogP contribution in [0.4, 0.5) is 5.69 Å². The van der Waals surface area contributed by atoms with Crippen molar-refractivity contribution in [1.29, 1.82) is 0 Å². The lowest BCUT2D eigenvalue weighted by Gasteiger charge is -2.24. The van der Waals surface area contributed by atoms with Crippen molar-refractivity contribution < 1.29 is 4.79 Å². The average Bonchev–Trinajstić information content (AvgIpc) is 2.32. The van der Waals surface area contributed by atoms with Crippen LogP contribution in [0.5, 0.6) is 0 Å². The maximum absolute atomic E-state index is 10.7. The van der Waals surface area contributed by atoms with Gasteiger partial charge in [0.1, 0.15) is 6.29 Å². The van der Waals surface area contributed by atoms with Crippen LogP contribution in [-0.2, 0) is 4.79 Å². The first-order valence-electron chi connectivity index (χ1n) is 5.56. The van der Waals surface area contributed by atoms with Crippen molar-refractivity contribution >= 4 is 23.6 Å². The molecule has 0 bridgehead atoms. The van der Waals surface area contributed by atoms with E-state index >= 15 is 0 Å². The Balaban J connectivity index is 2.09. The van der Waals surface area contributed by atoms with Crippen LogP contribution in [0, 0.1) is 5.92 Å². The van der Waals surface area contributed by atoms with Crippen molar-refractivity contribution in [3.8, 4) is 0 Å². The fourth-order valence-corrected chi connectivity index (χ4v) is 2.07. The zero-order chi connectivity index (χ0) is 12.3. The van der Waals surface area contributed by atoms with E-state index in [-0.39, 0.29) is 12.0 Å². The second-order valence-electron chi connectivity index (χ2n) is 4.18. The van der Waals surface area contributed by atoms with E-state index in [4.69, 9.17) is 11.6 Å². The van der Waals surface area contributed by atoms with Gasteiger partial charge in [-0.3, -0.25) is 4.79 Å². The first kappa shape index (κ1) is 11.9. The monoisotopic (exact) mass is 247 g/mol. The highest BCUT2D eigenvalue weighted by Crippen LogP contribution is 2.22. The zero-order valence-electron chi connectivity index (χ0n) is 9.56. The Kier molecular flexibility index (Phi) is 3.64. The van der Waals surface area contributed by atoms with Crippen LogP contribution in [0.1, 0.15) is 6.92 Å². The molecule has 1 N–H and O–H groups in total. The summed E-state index contributed by atoms with van der Waals surface area (Å²) in [6, 6.07) is 7.82. The maximum atomic E-state index is 10.7. The SMILES string of the molecule is CC1C=C(C=O)C=CC1Nc1cccc(Cl)c1. The number of carbonyl (C=O) groups excluding carboxylic acids is 1. The third kappa shape index (κ3) is 2.98. The summed E-state index contributed by atoms with van der Waals surface area (Å²) in [5, 5.41) is 4.10. The molecule has 2 unspecified atom stereocenters. The van der Waals surface area contributed by atoms with E-state index in [2.05, 4.69) is 12.2 Å². The lowest BCUT2D eigenvalue weighted by Crippen LogP contribution is -2.26. The number of rotatable bonds is 3. The Morgan fingerprint density at radius 2 is 2.24 bits per heavy atom. The van der Waals surface area contributed by atoms with Crippen LogP contribution in [-0.4, -0.2) is 12.3 Å². The van der Waals surface area contributed by atoms with E-state index in [1.54, 1.807) is 0 Å². The fourth-order valence-electron chi connectivity index (χ4n) is 1.88. The molecule has 0 saturated carbocycles. The molecule has 1 aromatic carbocycles. The molecule has 1 aliphatic rings. The van der Waals surface area contributed by atoms with Crippen LogP contribution >= 0.6 is 11.6 Å². The molecule has 0 amide bonds. The van der Waals surface area contributed by atoms with Gasteiger partial charge in [-0.1, -0.05) is 42.8 Å². The molecule has 0 heterocycles. The van der Waals surface area contributed by atoms with Gasteiger partial charge in [0.2, 0.25) is 0 Å². The number of nitrogens with one attached hydrogen (secondary N) is 1. The summed E-state index contributed by atoms with van der Waals surface area (Å²) in [6.45, 7) is 2.08. The molecule has 17 heavy (non-hydrogen) atoms. The second-order valence-corrected chi connectivity index (χ2v) is 4.62. The fraction of sp³-hybridized carbons (Fsp3) is 0.214. The van der Waals surface area contributed by atoms with E-state index in [1.165, 1.54) is 0 Å². The lowest BCUT2D eigenvalue weighted by atomic mass is 9.93. The van der Waals surface area contributed by atoms with Gasteiger partial charge in [-0.15, -0.1) is 0 Å². The molecule has 0 fully saturated rings. The van der Waals surface area contributed by atoms with Gasteiger partial charge in [0.15, 0.2) is 0 Å². The normalized spacial score (nSPS) is 23.1. The molecule has 0 spiro atoms. The molecule has 2 rings (SSSR count).